The molecule has 4 atom stereocenters. The van der Waals surface area contributed by atoms with Crippen LogP contribution in [0.1, 0.15) is 67.7 Å². The lowest BCUT2D eigenvalue weighted by atomic mass is 9.73. The van der Waals surface area contributed by atoms with Crippen molar-refractivity contribution in [2.24, 2.45) is 17.3 Å². The molecule has 9 rings (SSSR count). The number of benzene rings is 2. The Kier molecular flexibility index (Phi) is 6.19. The molecule has 3 aromatic rings. The van der Waals surface area contributed by atoms with Crippen molar-refractivity contribution in [2.45, 2.75) is 65.4 Å². The minimum absolute atomic E-state index is 0.00840. The summed E-state index contributed by atoms with van der Waals surface area (Å²) in [5.74, 6) is 3.93. The SMILES string of the molecule is Cc1cccc(N(C2=CC3OC4=C(CCC=C4C(C)(C)C)C3C=C2)C2=Cc3oc4c(c3C3C=CC=CC23)-c2ccccc2CC4)c1. The fourth-order valence-corrected chi connectivity index (χ4v) is 8.68. The minimum atomic E-state index is -0.00840. The van der Waals surface area contributed by atoms with Gasteiger partial charge in [0.1, 0.15) is 23.4 Å². The van der Waals surface area contributed by atoms with Crippen LogP contribution in [0.3, 0.4) is 0 Å². The molecule has 0 amide bonds. The molecular formula is C43H41NO2. The lowest BCUT2D eigenvalue weighted by Crippen LogP contribution is -2.33. The summed E-state index contributed by atoms with van der Waals surface area (Å²) in [5, 5.41) is 0. The predicted octanol–water partition coefficient (Wildman–Crippen LogP) is 10.5. The Bertz CT molecular complexity index is 2000. The largest absolute Gasteiger partial charge is 0.485 e. The molecule has 5 aliphatic carbocycles. The van der Waals surface area contributed by atoms with Crippen molar-refractivity contribution in [3.05, 3.63) is 154 Å². The highest BCUT2D eigenvalue weighted by molar-refractivity contribution is 5.82. The average molecular weight is 604 g/mol. The topological polar surface area (TPSA) is 25.6 Å². The molecule has 0 fully saturated rings. The van der Waals surface area contributed by atoms with E-state index in [4.69, 9.17) is 9.15 Å². The van der Waals surface area contributed by atoms with Gasteiger partial charge in [-0.1, -0.05) is 93.6 Å². The van der Waals surface area contributed by atoms with Crippen molar-refractivity contribution in [1.29, 1.82) is 0 Å². The fourth-order valence-electron chi connectivity index (χ4n) is 8.68. The molecular weight excluding hydrogens is 562 g/mol. The minimum Gasteiger partial charge on any atom is -0.485 e. The Balaban J connectivity index is 1.18. The molecule has 0 radical (unpaired) electrons. The van der Waals surface area contributed by atoms with Gasteiger partial charge in [-0.05, 0) is 83.7 Å². The van der Waals surface area contributed by atoms with Gasteiger partial charge in [-0.15, -0.1) is 0 Å². The Hall–Kier alpha value is -4.50. The second-order valence-corrected chi connectivity index (χ2v) is 14.7. The molecule has 1 aliphatic heterocycles. The van der Waals surface area contributed by atoms with Crippen LogP contribution in [0.4, 0.5) is 5.69 Å². The molecule has 0 spiro atoms. The van der Waals surface area contributed by atoms with Crippen LogP contribution in [0, 0.1) is 24.2 Å². The fraction of sp³-hybridized carbons (Fsp3) is 0.302. The number of rotatable bonds is 3. The predicted molar refractivity (Wildman–Crippen MR) is 187 cm³/mol. The lowest BCUT2D eigenvalue weighted by Gasteiger charge is -2.39. The van der Waals surface area contributed by atoms with Crippen molar-refractivity contribution >= 4 is 11.8 Å². The number of furan rings is 1. The van der Waals surface area contributed by atoms with Gasteiger partial charge < -0.3 is 14.1 Å². The molecule has 230 valence electrons. The van der Waals surface area contributed by atoms with Crippen LogP contribution in [-0.4, -0.2) is 6.10 Å². The highest BCUT2D eigenvalue weighted by atomic mass is 16.5. The Morgan fingerprint density at radius 2 is 1.72 bits per heavy atom. The molecule has 1 aromatic heterocycles. The van der Waals surface area contributed by atoms with E-state index in [1.807, 2.05) is 0 Å². The number of aryl methyl sites for hydroxylation is 3. The van der Waals surface area contributed by atoms with Crippen LogP contribution in [-0.2, 0) is 17.6 Å². The molecule has 3 nitrogen and oxygen atoms in total. The molecule has 2 heterocycles. The first-order chi connectivity index (χ1) is 22.3. The summed E-state index contributed by atoms with van der Waals surface area (Å²) >= 11 is 0. The monoisotopic (exact) mass is 603 g/mol. The van der Waals surface area contributed by atoms with Gasteiger partial charge in [0.25, 0.3) is 0 Å². The number of anilines is 1. The molecule has 0 N–H and O–H groups in total. The summed E-state index contributed by atoms with van der Waals surface area (Å²) in [5.41, 5.74) is 13.1. The zero-order valence-corrected chi connectivity index (χ0v) is 27.2. The molecule has 4 unspecified atom stereocenters. The number of hydrogen-bond donors (Lipinski definition) is 0. The quantitative estimate of drug-likeness (QED) is 0.298. The smallest absolute Gasteiger partial charge is 0.133 e. The van der Waals surface area contributed by atoms with Gasteiger partial charge in [-0.2, -0.15) is 0 Å². The Morgan fingerprint density at radius 1 is 0.870 bits per heavy atom. The third-order valence-corrected chi connectivity index (χ3v) is 10.7. The third-order valence-electron chi connectivity index (χ3n) is 10.7. The highest BCUT2D eigenvalue weighted by Gasteiger charge is 2.43. The molecule has 46 heavy (non-hydrogen) atoms. The van der Waals surface area contributed by atoms with Gasteiger partial charge in [-0.3, -0.25) is 0 Å². The van der Waals surface area contributed by atoms with E-state index in [-0.39, 0.29) is 23.4 Å². The molecule has 6 aliphatic rings. The van der Waals surface area contributed by atoms with E-state index in [1.54, 1.807) is 0 Å². The van der Waals surface area contributed by atoms with Crippen molar-refractivity contribution < 1.29 is 9.15 Å². The molecule has 3 heteroatoms. The number of fused-ring (bicyclic) bond motifs is 9. The first-order valence-corrected chi connectivity index (χ1v) is 17.0. The number of nitrogens with zero attached hydrogens (tertiary/aromatic N) is 1. The van der Waals surface area contributed by atoms with Crippen molar-refractivity contribution in [3.63, 3.8) is 0 Å². The molecule has 0 bridgehead atoms. The van der Waals surface area contributed by atoms with Crippen LogP contribution >= 0.6 is 0 Å². The first-order valence-electron chi connectivity index (χ1n) is 17.0. The first kappa shape index (κ1) is 27.8. The van der Waals surface area contributed by atoms with E-state index in [0.717, 1.165) is 48.7 Å². The Morgan fingerprint density at radius 3 is 2.57 bits per heavy atom. The van der Waals surface area contributed by atoms with Gasteiger partial charge >= 0.3 is 0 Å². The summed E-state index contributed by atoms with van der Waals surface area (Å²) in [4.78, 5) is 2.47. The van der Waals surface area contributed by atoms with Gasteiger partial charge in [-0.25, -0.2) is 0 Å². The zero-order chi connectivity index (χ0) is 31.2. The molecule has 0 saturated carbocycles. The summed E-state index contributed by atoms with van der Waals surface area (Å²) in [7, 11) is 0. The summed E-state index contributed by atoms with van der Waals surface area (Å²) in [6.07, 6.45) is 25.2. The van der Waals surface area contributed by atoms with Crippen molar-refractivity contribution in [1.82, 2.24) is 0 Å². The maximum absolute atomic E-state index is 6.88. The maximum atomic E-state index is 6.88. The zero-order valence-electron chi connectivity index (χ0n) is 27.2. The van der Waals surface area contributed by atoms with Crippen LogP contribution in [0.25, 0.3) is 17.2 Å². The van der Waals surface area contributed by atoms with E-state index >= 15 is 0 Å². The van der Waals surface area contributed by atoms with Crippen LogP contribution in [0.2, 0.25) is 0 Å². The van der Waals surface area contributed by atoms with Crippen LogP contribution in [0.5, 0.6) is 0 Å². The normalized spacial score (nSPS) is 25.3. The van der Waals surface area contributed by atoms with Crippen LogP contribution < -0.4 is 4.90 Å². The summed E-state index contributed by atoms with van der Waals surface area (Å²) in [6, 6.07) is 17.8. The van der Waals surface area contributed by atoms with E-state index < -0.39 is 0 Å². The molecule has 2 aromatic carbocycles. The highest BCUT2D eigenvalue weighted by Crippen LogP contribution is 2.53. The van der Waals surface area contributed by atoms with Gasteiger partial charge in [0.15, 0.2) is 0 Å². The summed E-state index contributed by atoms with van der Waals surface area (Å²) < 4.78 is 13.7. The molecule has 0 saturated heterocycles. The second kappa shape index (κ2) is 10.3. The summed E-state index contributed by atoms with van der Waals surface area (Å²) in [6.45, 7) is 9.08. The second-order valence-electron chi connectivity index (χ2n) is 14.7. The standard InChI is InChI=1S/C43H41NO2/c1-26-11-9-13-28(23-26)44(29-20-21-32-34-17-10-18-35(43(2,3)4)42(34)46-38(32)24-29)36-25-39-41(33-16-8-7-15-31(33)36)40-30-14-6-5-12-27(30)19-22-37(40)45-39/h5-9,11-16,18,20-21,23-25,31-33,38H,10,17,19,22H2,1-4H3. The van der Waals surface area contributed by atoms with Crippen LogP contribution in [0.15, 0.2) is 130 Å². The number of ether oxygens (including phenoxy) is 1. The number of hydrogen-bond acceptors (Lipinski definition) is 3. The third kappa shape index (κ3) is 4.24. The van der Waals surface area contributed by atoms with Gasteiger partial charge in [0, 0.05) is 58.5 Å². The van der Waals surface area contributed by atoms with E-state index in [2.05, 4.69) is 136 Å². The average Bonchev–Trinajstić information content (AvgIpc) is 3.63. The Labute approximate surface area is 272 Å². The van der Waals surface area contributed by atoms with E-state index in [0.29, 0.717) is 5.92 Å². The van der Waals surface area contributed by atoms with Crippen molar-refractivity contribution in [2.75, 3.05) is 4.90 Å². The lowest BCUT2D eigenvalue weighted by molar-refractivity contribution is 0.163. The van der Waals surface area contributed by atoms with E-state index in [9.17, 15) is 0 Å². The van der Waals surface area contributed by atoms with Gasteiger partial charge in [0.05, 0.1) is 0 Å². The van der Waals surface area contributed by atoms with E-state index in [1.165, 1.54) is 50.3 Å². The van der Waals surface area contributed by atoms with Gasteiger partial charge in [0.2, 0.25) is 0 Å². The maximum Gasteiger partial charge on any atom is 0.133 e. The number of allylic oxidation sites excluding steroid dienone is 7. The van der Waals surface area contributed by atoms with Crippen molar-refractivity contribution in [3.8, 4) is 11.1 Å².